The summed E-state index contributed by atoms with van der Waals surface area (Å²) in [6, 6.07) is 1.29. The largest absolute Gasteiger partial charge is 0.326 e. The van der Waals surface area contributed by atoms with Crippen molar-refractivity contribution in [2.75, 3.05) is 0 Å². The zero-order valence-electron chi connectivity index (χ0n) is 6.95. The summed E-state index contributed by atoms with van der Waals surface area (Å²) in [6.07, 6.45) is -2.72. The van der Waals surface area contributed by atoms with Crippen LogP contribution in [0.5, 0.6) is 0 Å². The van der Waals surface area contributed by atoms with Gasteiger partial charge in [0.05, 0.1) is 11.1 Å². The fourth-order valence-electron chi connectivity index (χ4n) is 0.904. The maximum atomic E-state index is 13.1. The predicted octanol–water partition coefficient (Wildman–Crippen LogP) is 1.94. The summed E-state index contributed by atoms with van der Waals surface area (Å²) in [4.78, 5) is 12.0. The average molecular weight is 217 g/mol. The van der Waals surface area contributed by atoms with Crippen molar-refractivity contribution in [3.63, 3.8) is 0 Å². The molecule has 0 unspecified atom stereocenters. The van der Waals surface area contributed by atoms with Gasteiger partial charge in [-0.2, -0.15) is 9.65 Å². The molecule has 5 nitrogen and oxygen atoms in total. The molecule has 0 aliphatic heterocycles. The van der Waals surface area contributed by atoms with Crippen molar-refractivity contribution >= 4 is 5.69 Å². The topological polar surface area (TPSA) is 79.8 Å². The average Bonchev–Trinajstić information content (AvgIpc) is 2.15. The summed E-state index contributed by atoms with van der Waals surface area (Å²) in [7, 11) is 0. The van der Waals surface area contributed by atoms with Crippen molar-refractivity contribution < 1.29 is 18.1 Å². The lowest BCUT2D eigenvalue weighted by molar-refractivity contribution is -0.388. The molecule has 0 N–H and O–H groups in total. The van der Waals surface area contributed by atoms with E-state index in [2.05, 4.69) is 4.98 Å². The second-order valence-electron chi connectivity index (χ2n) is 2.39. The minimum Gasteiger partial charge on any atom is -0.258 e. The van der Waals surface area contributed by atoms with Crippen LogP contribution in [0, 0.1) is 27.3 Å². The maximum absolute atomic E-state index is 13.1. The van der Waals surface area contributed by atoms with Gasteiger partial charge in [0.1, 0.15) is 11.8 Å². The monoisotopic (exact) mass is 217 g/mol. The number of nitrogens with zero attached hydrogens (tertiary/aromatic N) is 3. The van der Waals surface area contributed by atoms with Crippen molar-refractivity contribution in [1.82, 2.24) is 4.98 Å². The van der Waals surface area contributed by atoms with E-state index in [4.69, 9.17) is 5.26 Å². The van der Waals surface area contributed by atoms with Crippen LogP contribution >= 0.6 is 0 Å². The summed E-state index contributed by atoms with van der Waals surface area (Å²) >= 11 is 0. The van der Waals surface area contributed by atoms with Gasteiger partial charge in [0.15, 0.2) is 5.56 Å². The molecular formula is C7H2F3N3O2. The molecule has 0 saturated carbocycles. The van der Waals surface area contributed by atoms with E-state index in [9.17, 15) is 23.3 Å². The quantitative estimate of drug-likeness (QED) is 0.560. The van der Waals surface area contributed by atoms with Gasteiger partial charge in [-0.1, -0.05) is 0 Å². The smallest absolute Gasteiger partial charge is 0.258 e. The van der Waals surface area contributed by atoms with E-state index in [-0.39, 0.29) is 0 Å². The molecule has 15 heavy (non-hydrogen) atoms. The van der Waals surface area contributed by atoms with Crippen LogP contribution in [0.25, 0.3) is 0 Å². The summed E-state index contributed by atoms with van der Waals surface area (Å²) in [5.74, 6) is -1.77. The minimum absolute atomic E-state index is 0.544. The minimum atomic E-state index is -3.27. The van der Waals surface area contributed by atoms with E-state index in [1.54, 1.807) is 0 Å². The Hall–Kier alpha value is -2.17. The van der Waals surface area contributed by atoms with Crippen LogP contribution in [0.15, 0.2) is 6.20 Å². The van der Waals surface area contributed by atoms with E-state index in [0.29, 0.717) is 6.20 Å². The van der Waals surface area contributed by atoms with Gasteiger partial charge >= 0.3 is 5.69 Å². The highest BCUT2D eigenvalue weighted by Crippen LogP contribution is 2.28. The second kappa shape index (κ2) is 3.91. The lowest BCUT2D eigenvalue weighted by Crippen LogP contribution is -2.03. The summed E-state index contributed by atoms with van der Waals surface area (Å²) in [6.45, 7) is 0. The molecule has 78 valence electrons. The van der Waals surface area contributed by atoms with Gasteiger partial charge < -0.3 is 0 Å². The van der Waals surface area contributed by atoms with Crippen molar-refractivity contribution in [3.05, 3.63) is 33.4 Å². The first-order valence-corrected chi connectivity index (χ1v) is 3.50. The first kappa shape index (κ1) is 10.9. The van der Waals surface area contributed by atoms with E-state index < -0.39 is 34.1 Å². The summed E-state index contributed by atoms with van der Waals surface area (Å²) in [5, 5.41) is 18.7. The normalized spacial score (nSPS) is 10.1. The Morgan fingerprint density at radius 1 is 1.60 bits per heavy atom. The van der Waals surface area contributed by atoms with Crippen molar-refractivity contribution in [3.8, 4) is 6.07 Å². The molecule has 1 aromatic heterocycles. The highest BCUT2D eigenvalue weighted by molar-refractivity contribution is 5.49. The van der Waals surface area contributed by atoms with Gasteiger partial charge in [-0.05, 0) is 0 Å². The van der Waals surface area contributed by atoms with E-state index >= 15 is 0 Å². The number of alkyl halides is 2. The zero-order chi connectivity index (χ0) is 11.6. The molecule has 0 atom stereocenters. The van der Waals surface area contributed by atoms with Crippen LogP contribution in [-0.2, 0) is 0 Å². The predicted molar refractivity (Wildman–Crippen MR) is 40.5 cm³/mol. The molecule has 0 fully saturated rings. The van der Waals surface area contributed by atoms with Gasteiger partial charge in [-0.25, -0.2) is 8.78 Å². The number of nitriles is 1. The molecule has 0 aliphatic rings. The van der Waals surface area contributed by atoms with Crippen LogP contribution in [-0.4, -0.2) is 9.91 Å². The number of pyridine rings is 1. The Morgan fingerprint density at radius 3 is 2.60 bits per heavy atom. The second-order valence-corrected chi connectivity index (χ2v) is 2.39. The molecule has 8 heteroatoms. The van der Waals surface area contributed by atoms with Gasteiger partial charge in [0.25, 0.3) is 6.43 Å². The van der Waals surface area contributed by atoms with Crippen LogP contribution in [0.3, 0.4) is 0 Å². The fraction of sp³-hybridized carbons (Fsp3) is 0.143. The van der Waals surface area contributed by atoms with Gasteiger partial charge in [0, 0.05) is 0 Å². The summed E-state index contributed by atoms with van der Waals surface area (Å²) in [5.41, 5.74) is -3.30. The van der Waals surface area contributed by atoms with Crippen LogP contribution < -0.4 is 0 Å². The number of hydrogen-bond acceptors (Lipinski definition) is 4. The Labute approximate surface area is 80.9 Å². The number of rotatable bonds is 2. The first-order valence-electron chi connectivity index (χ1n) is 3.50. The van der Waals surface area contributed by atoms with Gasteiger partial charge in [-0.15, -0.1) is 0 Å². The van der Waals surface area contributed by atoms with Gasteiger partial charge in [-0.3, -0.25) is 15.1 Å². The molecule has 1 heterocycles. The van der Waals surface area contributed by atoms with Gasteiger partial charge in [0.2, 0.25) is 5.82 Å². The summed E-state index contributed by atoms with van der Waals surface area (Å²) < 4.78 is 37.3. The molecule has 0 saturated heterocycles. The first-order chi connectivity index (χ1) is 6.99. The third-order valence-corrected chi connectivity index (χ3v) is 1.53. The Bertz CT molecular complexity index is 456. The molecule has 0 aromatic carbocycles. The highest BCUT2D eigenvalue weighted by atomic mass is 19.3. The lowest BCUT2D eigenvalue weighted by Gasteiger charge is -2.01. The number of halogens is 3. The number of nitro groups is 1. The van der Waals surface area contributed by atoms with E-state index in [1.807, 2.05) is 0 Å². The third-order valence-electron chi connectivity index (χ3n) is 1.53. The van der Waals surface area contributed by atoms with Crippen LogP contribution in [0.2, 0.25) is 0 Å². The molecule has 0 radical (unpaired) electrons. The maximum Gasteiger partial charge on any atom is 0.326 e. The lowest BCUT2D eigenvalue weighted by atomic mass is 10.2. The van der Waals surface area contributed by atoms with E-state index in [0.717, 1.165) is 0 Å². The Kier molecular flexibility index (Phi) is 2.85. The standard InChI is InChI=1S/C7H2F3N3O2/c8-4-5(7(9)10)12-2-3(1-11)6(4)13(14)15/h2,7H. The molecule has 0 spiro atoms. The Balaban J connectivity index is 3.51. The fourth-order valence-corrected chi connectivity index (χ4v) is 0.904. The molecule has 0 bridgehead atoms. The molecular weight excluding hydrogens is 215 g/mol. The highest BCUT2D eigenvalue weighted by Gasteiger charge is 2.28. The molecule has 1 aromatic rings. The van der Waals surface area contributed by atoms with Crippen molar-refractivity contribution in [1.29, 1.82) is 5.26 Å². The Morgan fingerprint density at radius 2 is 2.20 bits per heavy atom. The van der Waals surface area contributed by atoms with Crippen molar-refractivity contribution in [2.24, 2.45) is 0 Å². The zero-order valence-corrected chi connectivity index (χ0v) is 6.95. The number of aromatic nitrogens is 1. The molecule has 0 aliphatic carbocycles. The van der Waals surface area contributed by atoms with E-state index in [1.165, 1.54) is 6.07 Å². The SMILES string of the molecule is N#Cc1cnc(C(F)F)c(F)c1[N+](=O)[O-]. The molecule has 1 rings (SSSR count). The third kappa shape index (κ3) is 1.85. The van der Waals surface area contributed by atoms with Crippen molar-refractivity contribution in [2.45, 2.75) is 6.43 Å². The number of hydrogen-bond donors (Lipinski definition) is 0. The molecule has 0 amide bonds. The van der Waals surface area contributed by atoms with Crippen LogP contribution in [0.4, 0.5) is 18.9 Å². The van der Waals surface area contributed by atoms with Crippen LogP contribution in [0.1, 0.15) is 17.7 Å².